The van der Waals surface area contributed by atoms with Crippen molar-refractivity contribution >= 4 is 35.0 Å². The fraction of sp³-hybridized carbons (Fsp3) is 0.385. The van der Waals surface area contributed by atoms with Gasteiger partial charge in [-0.15, -0.1) is 0 Å². The normalized spacial score (nSPS) is 19.6. The van der Waals surface area contributed by atoms with E-state index in [9.17, 15) is 14.7 Å². The van der Waals surface area contributed by atoms with E-state index in [1.165, 1.54) is 0 Å². The zero-order chi connectivity index (χ0) is 14.7. The van der Waals surface area contributed by atoms with Crippen LogP contribution in [0.2, 0.25) is 10.0 Å². The van der Waals surface area contributed by atoms with Crippen LogP contribution in [0.25, 0.3) is 0 Å². The number of aliphatic hydroxyl groups is 1. The molecule has 3 N–H and O–H groups in total. The van der Waals surface area contributed by atoms with Crippen LogP contribution in [0.5, 0.6) is 0 Å². The molecule has 1 heterocycles. The summed E-state index contributed by atoms with van der Waals surface area (Å²) < 4.78 is 0. The molecule has 1 aromatic carbocycles. The minimum absolute atomic E-state index is 0.0296. The number of nitrogens with one attached hydrogen (secondary N) is 2. The number of benzene rings is 1. The van der Waals surface area contributed by atoms with E-state index >= 15 is 0 Å². The van der Waals surface area contributed by atoms with E-state index in [-0.39, 0.29) is 18.4 Å². The van der Waals surface area contributed by atoms with Gasteiger partial charge in [0, 0.05) is 23.0 Å². The van der Waals surface area contributed by atoms with Crippen LogP contribution >= 0.6 is 23.2 Å². The highest BCUT2D eigenvalue weighted by Crippen LogP contribution is 2.23. The van der Waals surface area contributed by atoms with Crippen molar-refractivity contribution in [2.45, 2.75) is 25.0 Å². The Balaban J connectivity index is 1.90. The molecule has 108 valence electrons. The van der Waals surface area contributed by atoms with Gasteiger partial charge >= 0.3 is 0 Å². The van der Waals surface area contributed by atoms with Gasteiger partial charge in [-0.3, -0.25) is 9.59 Å². The summed E-state index contributed by atoms with van der Waals surface area (Å²) in [5, 5.41) is 16.0. The number of hydrogen-bond acceptors (Lipinski definition) is 3. The first-order valence-electron chi connectivity index (χ1n) is 6.17. The highest BCUT2D eigenvalue weighted by atomic mass is 35.5. The van der Waals surface area contributed by atoms with Crippen molar-refractivity contribution in [1.29, 1.82) is 0 Å². The highest BCUT2D eigenvalue weighted by Gasteiger charge is 2.27. The minimum Gasteiger partial charge on any atom is -0.387 e. The van der Waals surface area contributed by atoms with Crippen molar-refractivity contribution in [1.82, 2.24) is 10.6 Å². The van der Waals surface area contributed by atoms with Crippen molar-refractivity contribution in [2.24, 2.45) is 0 Å². The maximum atomic E-state index is 11.8. The Morgan fingerprint density at radius 1 is 1.40 bits per heavy atom. The van der Waals surface area contributed by atoms with Crippen LogP contribution in [-0.2, 0) is 9.59 Å². The van der Waals surface area contributed by atoms with E-state index in [1.807, 2.05) is 0 Å². The maximum absolute atomic E-state index is 11.8. The average Bonchev–Trinajstić information content (AvgIpc) is 2.81. The van der Waals surface area contributed by atoms with Crippen LogP contribution in [-0.4, -0.2) is 29.5 Å². The molecular formula is C13H14Cl2N2O3. The molecule has 0 saturated carbocycles. The predicted molar refractivity (Wildman–Crippen MR) is 75.6 cm³/mol. The summed E-state index contributed by atoms with van der Waals surface area (Å²) in [5.74, 6) is -0.435. The Hall–Kier alpha value is -1.30. The summed E-state index contributed by atoms with van der Waals surface area (Å²) in [7, 11) is 0. The topological polar surface area (TPSA) is 78.4 Å². The maximum Gasteiger partial charge on any atom is 0.242 e. The van der Waals surface area contributed by atoms with Gasteiger partial charge in [0.1, 0.15) is 6.04 Å². The zero-order valence-electron chi connectivity index (χ0n) is 10.5. The van der Waals surface area contributed by atoms with Crippen molar-refractivity contribution in [3.8, 4) is 0 Å². The summed E-state index contributed by atoms with van der Waals surface area (Å²) >= 11 is 11.7. The first-order valence-corrected chi connectivity index (χ1v) is 6.92. The van der Waals surface area contributed by atoms with E-state index in [1.54, 1.807) is 18.2 Å². The number of aliphatic hydroxyl groups excluding tert-OH is 1. The highest BCUT2D eigenvalue weighted by molar-refractivity contribution is 6.34. The molecule has 0 aliphatic carbocycles. The molecule has 0 bridgehead atoms. The van der Waals surface area contributed by atoms with Crippen LogP contribution in [0, 0.1) is 0 Å². The minimum atomic E-state index is -0.910. The molecule has 1 aliphatic heterocycles. The summed E-state index contributed by atoms with van der Waals surface area (Å²) in [6, 6.07) is 4.22. The Bertz CT molecular complexity index is 516. The molecule has 20 heavy (non-hydrogen) atoms. The third kappa shape index (κ3) is 3.85. The van der Waals surface area contributed by atoms with Crippen molar-refractivity contribution in [3.05, 3.63) is 33.8 Å². The molecule has 2 atom stereocenters. The fourth-order valence-electron chi connectivity index (χ4n) is 2.02. The number of hydrogen-bond donors (Lipinski definition) is 3. The molecule has 0 aromatic heterocycles. The van der Waals surface area contributed by atoms with Crippen molar-refractivity contribution < 1.29 is 14.7 Å². The molecule has 0 unspecified atom stereocenters. The molecule has 2 rings (SSSR count). The van der Waals surface area contributed by atoms with Crippen LogP contribution < -0.4 is 10.6 Å². The Morgan fingerprint density at radius 3 is 2.60 bits per heavy atom. The molecule has 1 aromatic rings. The standard InChI is InChI=1S/C13H14Cl2N2O3/c14-8-3-7(4-9(15)5-8)11(18)6-16-13(20)10-1-2-12(19)17-10/h3-5,10-11,18H,1-2,6H2,(H,16,20)(H,17,19)/t10-,11+/m1/s1. The molecule has 1 saturated heterocycles. The lowest BCUT2D eigenvalue weighted by Gasteiger charge is -2.15. The molecule has 1 aliphatic rings. The van der Waals surface area contributed by atoms with Gasteiger partial charge in [-0.2, -0.15) is 0 Å². The van der Waals surface area contributed by atoms with Gasteiger partial charge < -0.3 is 15.7 Å². The summed E-state index contributed by atoms with van der Waals surface area (Å²) in [6.45, 7) is 0.0296. The summed E-state index contributed by atoms with van der Waals surface area (Å²) in [5.41, 5.74) is 0.526. The quantitative estimate of drug-likeness (QED) is 0.786. The van der Waals surface area contributed by atoms with Gasteiger partial charge in [0.05, 0.1) is 6.10 Å². The molecule has 0 spiro atoms. The number of halogens is 2. The molecule has 2 amide bonds. The number of carbonyl (C=O) groups is 2. The third-order valence-corrected chi connectivity index (χ3v) is 3.49. The van der Waals surface area contributed by atoms with E-state index in [0.717, 1.165) is 0 Å². The van der Waals surface area contributed by atoms with Gasteiger partial charge in [0.2, 0.25) is 11.8 Å². The number of rotatable bonds is 4. The van der Waals surface area contributed by atoms with Gasteiger partial charge in [0.25, 0.3) is 0 Å². The Kier molecular flexibility index (Phi) is 4.86. The van der Waals surface area contributed by atoms with Crippen LogP contribution in [0.1, 0.15) is 24.5 Å². The second-order valence-corrected chi connectivity index (χ2v) is 5.50. The van der Waals surface area contributed by atoms with E-state index in [0.29, 0.717) is 28.5 Å². The average molecular weight is 317 g/mol. The van der Waals surface area contributed by atoms with Gasteiger partial charge in [-0.05, 0) is 30.2 Å². The smallest absolute Gasteiger partial charge is 0.242 e. The monoisotopic (exact) mass is 316 g/mol. The lowest BCUT2D eigenvalue weighted by molar-refractivity contribution is -0.126. The van der Waals surface area contributed by atoms with Crippen molar-refractivity contribution in [2.75, 3.05) is 6.54 Å². The van der Waals surface area contributed by atoms with E-state index < -0.39 is 12.1 Å². The Labute approximate surface area is 126 Å². The van der Waals surface area contributed by atoms with Gasteiger partial charge in [0.15, 0.2) is 0 Å². The van der Waals surface area contributed by atoms with Gasteiger partial charge in [-0.1, -0.05) is 23.2 Å². The SMILES string of the molecule is O=C1CC[C@H](C(=O)NC[C@H](O)c2cc(Cl)cc(Cl)c2)N1. The second kappa shape index (κ2) is 6.43. The van der Waals surface area contributed by atoms with Crippen molar-refractivity contribution in [3.63, 3.8) is 0 Å². The summed E-state index contributed by atoms with van der Waals surface area (Å²) in [6.07, 6.45) is -0.0823. The largest absolute Gasteiger partial charge is 0.387 e. The van der Waals surface area contributed by atoms with E-state index in [4.69, 9.17) is 23.2 Å². The molecular weight excluding hydrogens is 303 g/mol. The fourth-order valence-corrected chi connectivity index (χ4v) is 2.56. The summed E-state index contributed by atoms with van der Waals surface area (Å²) in [4.78, 5) is 22.8. The molecule has 5 nitrogen and oxygen atoms in total. The molecule has 0 radical (unpaired) electrons. The first-order chi connectivity index (χ1) is 9.45. The van der Waals surface area contributed by atoms with E-state index in [2.05, 4.69) is 10.6 Å². The van der Waals surface area contributed by atoms with Gasteiger partial charge in [-0.25, -0.2) is 0 Å². The lowest BCUT2D eigenvalue weighted by Crippen LogP contribution is -2.42. The lowest BCUT2D eigenvalue weighted by atomic mass is 10.1. The van der Waals surface area contributed by atoms with Crippen LogP contribution in [0.3, 0.4) is 0 Å². The third-order valence-electron chi connectivity index (χ3n) is 3.05. The Morgan fingerprint density at radius 2 is 2.05 bits per heavy atom. The second-order valence-electron chi connectivity index (χ2n) is 4.62. The van der Waals surface area contributed by atoms with Crippen LogP contribution in [0.4, 0.5) is 0 Å². The number of carbonyl (C=O) groups excluding carboxylic acids is 2. The molecule has 1 fully saturated rings. The molecule has 7 heteroatoms. The van der Waals surface area contributed by atoms with Crippen LogP contribution in [0.15, 0.2) is 18.2 Å². The first kappa shape index (κ1) is 15.1. The predicted octanol–water partition coefficient (Wildman–Crippen LogP) is 1.42. The zero-order valence-corrected chi connectivity index (χ0v) is 12.0. The number of amides is 2.